The Morgan fingerprint density at radius 1 is 1.17 bits per heavy atom. The predicted molar refractivity (Wildman–Crippen MR) is 113 cm³/mol. The normalized spacial score (nSPS) is 13.7. The number of carbonyl (C=O) groups excluding carboxylic acids is 1. The monoisotopic (exact) mass is 412 g/mol. The van der Waals surface area contributed by atoms with Crippen molar-refractivity contribution in [3.8, 4) is 0 Å². The van der Waals surface area contributed by atoms with Gasteiger partial charge in [-0.3, -0.25) is 4.79 Å². The van der Waals surface area contributed by atoms with Gasteiger partial charge >= 0.3 is 0 Å². The average molecular weight is 413 g/mol. The number of nitrogens with one attached hydrogen (secondary N) is 1. The molecule has 4 rings (SSSR count). The molecule has 5 nitrogen and oxygen atoms in total. The number of hydrogen-bond acceptors (Lipinski definition) is 3. The Labute approximate surface area is 174 Å². The van der Waals surface area contributed by atoms with Crippen LogP contribution in [-0.4, -0.2) is 28.8 Å². The average Bonchev–Trinajstić information content (AvgIpc) is 3.33. The van der Waals surface area contributed by atoms with Gasteiger partial charge in [0.2, 0.25) is 0 Å². The summed E-state index contributed by atoms with van der Waals surface area (Å²) in [5.41, 5.74) is 3.57. The van der Waals surface area contributed by atoms with Crippen LogP contribution in [0, 0.1) is 12.7 Å². The fraction of sp³-hybridized carbons (Fsp3) is 0.273. The van der Waals surface area contributed by atoms with E-state index in [0.29, 0.717) is 17.8 Å². The van der Waals surface area contributed by atoms with E-state index in [1.807, 2.05) is 18.2 Å². The second-order valence-corrected chi connectivity index (χ2v) is 7.59. The van der Waals surface area contributed by atoms with Gasteiger partial charge in [0.25, 0.3) is 5.91 Å². The summed E-state index contributed by atoms with van der Waals surface area (Å²) in [4.78, 5) is 15.2. The molecule has 0 saturated carbocycles. The summed E-state index contributed by atoms with van der Waals surface area (Å²) in [6, 6.07) is 14.0. The van der Waals surface area contributed by atoms with Crippen molar-refractivity contribution < 1.29 is 9.18 Å². The van der Waals surface area contributed by atoms with Crippen LogP contribution >= 0.6 is 11.6 Å². The van der Waals surface area contributed by atoms with Crippen molar-refractivity contribution in [1.82, 2.24) is 9.78 Å². The molecule has 1 aromatic heterocycles. The van der Waals surface area contributed by atoms with Crippen LogP contribution in [0.5, 0.6) is 0 Å². The molecule has 1 saturated heterocycles. The highest BCUT2D eigenvalue weighted by molar-refractivity contribution is 6.33. The molecule has 0 bridgehead atoms. The number of halogens is 2. The van der Waals surface area contributed by atoms with Crippen molar-refractivity contribution in [3.63, 3.8) is 0 Å². The second-order valence-electron chi connectivity index (χ2n) is 7.23. The fourth-order valence-corrected chi connectivity index (χ4v) is 3.95. The van der Waals surface area contributed by atoms with Gasteiger partial charge in [0.1, 0.15) is 11.0 Å². The maximum Gasteiger partial charge on any atom is 0.260 e. The van der Waals surface area contributed by atoms with Gasteiger partial charge in [-0.25, -0.2) is 9.07 Å². The Balaban J connectivity index is 1.52. The summed E-state index contributed by atoms with van der Waals surface area (Å²) < 4.78 is 14.7. The van der Waals surface area contributed by atoms with Crippen LogP contribution in [0.3, 0.4) is 0 Å². The van der Waals surface area contributed by atoms with Gasteiger partial charge in [-0.1, -0.05) is 29.8 Å². The van der Waals surface area contributed by atoms with E-state index in [2.05, 4.69) is 21.4 Å². The van der Waals surface area contributed by atoms with E-state index in [9.17, 15) is 9.18 Å². The standard InChI is InChI=1S/C22H22ClFN4O/c1-15-20(21(23)28(26-15)14-16-7-9-17(24)10-8-16)22(29)25-18-5-4-6-19(13-18)27-11-2-3-12-27/h4-10,13H,2-3,11-12,14H2,1H3,(H,25,29). The largest absolute Gasteiger partial charge is 0.371 e. The third kappa shape index (κ3) is 4.27. The molecular formula is C22H22ClFN4O. The summed E-state index contributed by atoms with van der Waals surface area (Å²) in [5.74, 6) is -0.593. The molecule has 1 amide bonds. The molecule has 0 atom stereocenters. The molecule has 0 spiro atoms. The number of rotatable bonds is 5. The summed E-state index contributed by atoms with van der Waals surface area (Å²) >= 11 is 6.46. The van der Waals surface area contributed by atoms with Crippen LogP contribution in [-0.2, 0) is 6.54 Å². The molecule has 0 unspecified atom stereocenters. The van der Waals surface area contributed by atoms with Gasteiger partial charge in [0.15, 0.2) is 0 Å². The lowest BCUT2D eigenvalue weighted by Crippen LogP contribution is -2.18. The van der Waals surface area contributed by atoms with Crippen molar-refractivity contribution in [2.24, 2.45) is 0 Å². The molecule has 1 aliphatic rings. The van der Waals surface area contributed by atoms with Crippen LogP contribution in [0.2, 0.25) is 5.15 Å². The second kappa shape index (κ2) is 8.25. The lowest BCUT2D eigenvalue weighted by atomic mass is 10.2. The quantitative estimate of drug-likeness (QED) is 0.649. The van der Waals surface area contributed by atoms with E-state index in [0.717, 1.165) is 30.0 Å². The van der Waals surface area contributed by atoms with Crippen molar-refractivity contribution in [2.45, 2.75) is 26.3 Å². The van der Waals surface area contributed by atoms with Gasteiger partial charge in [-0.15, -0.1) is 0 Å². The first-order chi connectivity index (χ1) is 14.0. The zero-order chi connectivity index (χ0) is 20.4. The van der Waals surface area contributed by atoms with Gasteiger partial charge in [0, 0.05) is 24.5 Å². The van der Waals surface area contributed by atoms with Gasteiger partial charge in [-0.2, -0.15) is 5.10 Å². The van der Waals surface area contributed by atoms with Crippen LogP contribution in [0.1, 0.15) is 34.5 Å². The molecule has 2 heterocycles. The van der Waals surface area contributed by atoms with Crippen molar-refractivity contribution in [1.29, 1.82) is 0 Å². The van der Waals surface area contributed by atoms with Gasteiger partial charge in [0.05, 0.1) is 17.8 Å². The SMILES string of the molecule is Cc1nn(Cc2ccc(F)cc2)c(Cl)c1C(=O)Nc1cccc(N2CCCC2)c1. The first-order valence-corrected chi connectivity index (χ1v) is 10.0. The van der Waals surface area contributed by atoms with E-state index >= 15 is 0 Å². The lowest BCUT2D eigenvalue weighted by Gasteiger charge is -2.18. The highest BCUT2D eigenvalue weighted by atomic mass is 35.5. The molecular weight excluding hydrogens is 391 g/mol. The topological polar surface area (TPSA) is 50.2 Å². The van der Waals surface area contributed by atoms with Crippen LogP contribution < -0.4 is 10.2 Å². The number of hydrogen-bond donors (Lipinski definition) is 1. The van der Waals surface area contributed by atoms with Crippen molar-refractivity contribution in [2.75, 3.05) is 23.3 Å². The van der Waals surface area contributed by atoms with E-state index in [1.54, 1.807) is 23.7 Å². The summed E-state index contributed by atoms with van der Waals surface area (Å²) in [7, 11) is 0. The smallest absolute Gasteiger partial charge is 0.260 e. The molecule has 1 fully saturated rings. The summed E-state index contributed by atoms with van der Waals surface area (Å²) in [6.45, 7) is 4.19. The molecule has 0 aliphatic carbocycles. The number of aryl methyl sites for hydroxylation is 1. The maximum atomic E-state index is 13.1. The Kier molecular flexibility index (Phi) is 5.53. The number of anilines is 2. The zero-order valence-corrected chi connectivity index (χ0v) is 16.9. The van der Waals surface area contributed by atoms with Crippen LogP contribution in [0.15, 0.2) is 48.5 Å². The Morgan fingerprint density at radius 2 is 1.90 bits per heavy atom. The summed E-state index contributed by atoms with van der Waals surface area (Å²) in [6.07, 6.45) is 2.39. The molecule has 0 radical (unpaired) electrons. The van der Waals surface area contributed by atoms with Gasteiger partial charge in [-0.05, 0) is 55.7 Å². The molecule has 2 aromatic carbocycles. The number of aromatic nitrogens is 2. The first-order valence-electron chi connectivity index (χ1n) is 9.65. The number of carbonyl (C=O) groups is 1. The first kappa shape index (κ1) is 19.5. The Morgan fingerprint density at radius 3 is 2.62 bits per heavy atom. The fourth-order valence-electron chi connectivity index (χ4n) is 3.63. The van der Waals surface area contributed by atoms with E-state index in [-0.39, 0.29) is 16.9 Å². The zero-order valence-electron chi connectivity index (χ0n) is 16.2. The maximum absolute atomic E-state index is 13.1. The van der Waals surface area contributed by atoms with E-state index in [4.69, 9.17) is 11.6 Å². The summed E-state index contributed by atoms with van der Waals surface area (Å²) in [5, 5.41) is 7.59. The molecule has 1 aliphatic heterocycles. The highest BCUT2D eigenvalue weighted by Gasteiger charge is 2.21. The van der Waals surface area contributed by atoms with E-state index < -0.39 is 0 Å². The minimum Gasteiger partial charge on any atom is -0.371 e. The third-order valence-corrected chi connectivity index (χ3v) is 5.50. The Hall–Kier alpha value is -2.86. The third-order valence-electron chi connectivity index (χ3n) is 5.11. The van der Waals surface area contributed by atoms with E-state index in [1.165, 1.54) is 25.0 Å². The van der Waals surface area contributed by atoms with Crippen LogP contribution in [0.4, 0.5) is 15.8 Å². The van der Waals surface area contributed by atoms with Crippen molar-refractivity contribution in [3.05, 3.63) is 76.3 Å². The minimum atomic E-state index is -0.298. The minimum absolute atomic E-state index is 0.264. The molecule has 7 heteroatoms. The van der Waals surface area contributed by atoms with Gasteiger partial charge < -0.3 is 10.2 Å². The highest BCUT2D eigenvalue weighted by Crippen LogP contribution is 2.26. The number of benzene rings is 2. The number of nitrogens with zero attached hydrogens (tertiary/aromatic N) is 3. The lowest BCUT2D eigenvalue weighted by molar-refractivity contribution is 0.102. The predicted octanol–water partition coefficient (Wildman–Crippen LogP) is 4.88. The van der Waals surface area contributed by atoms with Crippen molar-refractivity contribution >= 4 is 28.9 Å². The molecule has 150 valence electrons. The Bertz CT molecular complexity index is 1030. The molecule has 1 N–H and O–H groups in total. The number of amides is 1. The molecule has 29 heavy (non-hydrogen) atoms. The molecule has 3 aromatic rings. The van der Waals surface area contributed by atoms with Crippen LogP contribution in [0.25, 0.3) is 0 Å².